The smallest absolute Gasteiger partial charge is 0.360 e. The van der Waals surface area contributed by atoms with Gasteiger partial charge in [0.25, 0.3) is 0 Å². The van der Waals surface area contributed by atoms with E-state index < -0.39 is 5.97 Å². The zero-order chi connectivity index (χ0) is 13.9. The van der Waals surface area contributed by atoms with Gasteiger partial charge in [0.2, 0.25) is 0 Å². The van der Waals surface area contributed by atoms with Gasteiger partial charge in [0.15, 0.2) is 5.69 Å². The van der Waals surface area contributed by atoms with Crippen molar-refractivity contribution in [2.75, 3.05) is 19.5 Å². The molecule has 0 aliphatic rings. The Kier molecular flexibility index (Phi) is 4.34. The molecule has 0 aliphatic carbocycles. The fourth-order valence-electron chi connectivity index (χ4n) is 1.58. The number of rotatable bonds is 5. The number of aryl methyl sites for hydroxylation is 1. The molecule has 0 radical (unpaired) electrons. The number of aromatic nitrogens is 2. The van der Waals surface area contributed by atoms with Crippen LogP contribution in [0.2, 0.25) is 0 Å². The number of carbonyl (C=O) groups is 1. The predicted molar refractivity (Wildman–Crippen MR) is 68.4 cm³/mol. The zero-order valence-electron chi connectivity index (χ0n) is 11.6. The number of nitrogens with zero attached hydrogens (tertiary/aromatic N) is 2. The Hall–Kier alpha value is -1.56. The first kappa shape index (κ1) is 14.5. The third-order valence-corrected chi connectivity index (χ3v) is 2.76. The minimum absolute atomic E-state index is 0.168. The Morgan fingerprint density at radius 2 is 2.11 bits per heavy atom. The molecule has 0 spiro atoms. The van der Waals surface area contributed by atoms with E-state index in [1.807, 2.05) is 13.8 Å². The molecule has 0 bridgehead atoms. The van der Waals surface area contributed by atoms with Gasteiger partial charge in [0, 0.05) is 7.11 Å². The first-order valence-corrected chi connectivity index (χ1v) is 5.87. The van der Waals surface area contributed by atoms with Crippen LogP contribution < -0.4 is 5.73 Å². The molecule has 0 saturated carbocycles. The molecule has 0 atom stereocenters. The number of esters is 1. The van der Waals surface area contributed by atoms with Crippen LogP contribution in [0.15, 0.2) is 0 Å². The molecule has 0 unspecified atom stereocenters. The molecule has 6 heteroatoms. The van der Waals surface area contributed by atoms with Crippen molar-refractivity contribution in [3.05, 3.63) is 11.5 Å². The fraction of sp³-hybridized carbons (Fsp3) is 0.667. The number of imidazole rings is 1. The van der Waals surface area contributed by atoms with Crippen LogP contribution in [0, 0.1) is 6.92 Å². The highest BCUT2D eigenvalue weighted by Gasteiger charge is 2.24. The lowest BCUT2D eigenvalue weighted by molar-refractivity contribution is 0.00811. The molecule has 6 nitrogen and oxygen atoms in total. The van der Waals surface area contributed by atoms with Crippen molar-refractivity contribution in [3.8, 4) is 0 Å². The summed E-state index contributed by atoms with van der Waals surface area (Å²) >= 11 is 0. The third kappa shape index (κ3) is 3.01. The maximum Gasteiger partial charge on any atom is 0.360 e. The van der Waals surface area contributed by atoms with Gasteiger partial charge in [-0.1, -0.05) is 0 Å². The molecule has 0 aliphatic heterocycles. The van der Waals surface area contributed by atoms with Crippen LogP contribution in [0.25, 0.3) is 0 Å². The van der Waals surface area contributed by atoms with Crippen LogP contribution in [-0.4, -0.2) is 34.8 Å². The Morgan fingerprint density at radius 3 is 2.61 bits per heavy atom. The van der Waals surface area contributed by atoms with Crippen LogP contribution in [0.5, 0.6) is 0 Å². The summed E-state index contributed by atoms with van der Waals surface area (Å²) in [5.74, 6) is 0.490. The summed E-state index contributed by atoms with van der Waals surface area (Å²) in [4.78, 5) is 15.8. The standard InChI is InChI=1S/C12H21N3O3/c1-6-18-11(16)9-10(13)15(8(2)14-9)7-12(3,4)17-5/h6-7,13H2,1-5H3. The molecule has 0 aromatic carbocycles. The number of carbonyl (C=O) groups excluding carboxylic acids is 1. The summed E-state index contributed by atoms with van der Waals surface area (Å²) in [5, 5.41) is 0. The molecule has 18 heavy (non-hydrogen) atoms. The highest BCUT2D eigenvalue weighted by Crippen LogP contribution is 2.20. The van der Waals surface area contributed by atoms with Crippen molar-refractivity contribution in [2.45, 2.75) is 39.8 Å². The average Bonchev–Trinajstić information content (AvgIpc) is 2.57. The van der Waals surface area contributed by atoms with Crippen molar-refractivity contribution in [3.63, 3.8) is 0 Å². The van der Waals surface area contributed by atoms with E-state index in [-0.39, 0.29) is 11.3 Å². The number of ether oxygens (including phenoxy) is 2. The van der Waals surface area contributed by atoms with Gasteiger partial charge in [-0.3, -0.25) is 0 Å². The summed E-state index contributed by atoms with van der Waals surface area (Å²) in [6.45, 7) is 8.24. The molecule has 1 aromatic heterocycles. The number of hydrogen-bond donors (Lipinski definition) is 1. The second kappa shape index (κ2) is 5.39. The van der Waals surface area contributed by atoms with Crippen molar-refractivity contribution in [1.29, 1.82) is 0 Å². The van der Waals surface area contributed by atoms with E-state index in [1.54, 1.807) is 25.5 Å². The van der Waals surface area contributed by atoms with Gasteiger partial charge < -0.3 is 19.8 Å². The van der Waals surface area contributed by atoms with Gasteiger partial charge >= 0.3 is 5.97 Å². The third-order valence-electron chi connectivity index (χ3n) is 2.76. The van der Waals surface area contributed by atoms with Crippen molar-refractivity contribution in [2.24, 2.45) is 0 Å². The molecule has 0 amide bonds. The first-order chi connectivity index (χ1) is 8.32. The van der Waals surface area contributed by atoms with Gasteiger partial charge in [-0.25, -0.2) is 9.78 Å². The van der Waals surface area contributed by atoms with E-state index >= 15 is 0 Å². The van der Waals surface area contributed by atoms with Crippen LogP contribution >= 0.6 is 0 Å². The van der Waals surface area contributed by atoms with Gasteiger partial charge in [-0.05, 0) is 27.7 Å². The van der Waals surface area contributed by atoms with E-state index in [2.05, 4.69) is 4.98 Å². The molecule has 0 saturated heterocycles. The summed E-state index contributed by atoms with van der Waals surface area (Å²) in [6, 6.07) is 0. The molecule has 0 fully saturated rings. The molecular weight excluding hydrogens is 234 g/mol. The second-order valence-corrected chi connectivity index (χ2v) is 4.66. The van der Waals surface area contributed by atoms with Crippen molar-refractivity contribution in [1.82, 2.24) is 9.55 Å². The van der Waals surface area contributed by atoms with E-state index in [0.29, 0.717) is 24.8 Å². The Bertz CT molecular complexity index is 438. The number of hydrogen-bond acceptors (Lipinski definition) is 5. The number of methoxy groups -OCH3 is 1. The van der Waals surface area contributed by atoms with Crippen molar-refractivity contribution >= 4 is 11.8 Å². The largest absolute Gasteiger partial charge is 0.461 e. The quantitative estimate of drug-likeness (QED) is 0.804. The minimum Gasteiger partial charge on any atom is -0.461 e. The van der Waals surface area contributed by atoms with Gasteiger partial charge in [0.05, 0.1) is 18.8 Å². The summed E-state index contributed by atoms with van der Waals surface area (Å²) in [7, 11) is 1.63. The lowest BCUT2D eigenvalue weighted by Crippen LogP contribution is -2.30. The maximum absolute atomic E-state index is 11.7. The predicted octanol–water partition coefficient (Wildman–Crippen LogP) is 1.38. The Balaban J connectivity index is 3.05. The van der Waals surface area contributed by atoms with Crippen molar-refractivity contribution < 1.29 is 14.3 Å². The SMILES string of the molecule is CCOC(=O)c1nc(C)n(CC(C)(C)OC)c1N. The van der Waals surface area contributed by atoms with Gasteiger partial charge in [0.1, 0.15) is 11.6 Å². The van der Waals surface area contributed by atoms with E-state index in [4.69, 9.17) is 15.2 Å². The summed E-state index contributed by atoms with van der Waals surface area (Å²) in [6.07, 6.45) is 0. The number of nitrogen functional groups attached to an aromatic ring is 1. The lowest BCUT2D eigenvalue weighted by atomic mass is 10.1. The summed E-state index contributed by atoms with van der Waals surface area (Å²) < 4.78 is 12.0. The minimum atomic E-state index is -0.493. The Labute approximate surface area is 107 Å². The molecule has 1 aromatic rings. The maximum atomic E-state index is 11.7. The van der Waals surface area contributed by atoms with E-state index in [1.165, 1.54) is 0 Å². The highest BCUT2D eigenvalue weighted by atomic mass is 16.5. The first-order valence-electron chi connectivity index (χ1n) is 5.87. The van der Waals surface area contributed by atoms with Crippen LogP contribution in [-0.2, 0) is 16.0 Å². The molecular formula is C12H21N3O3. The monoisotopic (exact) mass is 255 g/mol. The topological polar surface area (TPSA) is 79.4 Å². The van der Waals surface area contributed by atoms with E-state index in [9.17, 15) is 4.79 Å². The number of anilines is 1. The van der Waals surface area contributed by atoms with Gasteiger partial charge in [-0.2, -0.15) is 0 Å². The lowest BCUT2D eigenvalue weighted by Gasteiger charge is -2.24. The Morgan fingerprint density at radius 1 is 1.50 bits per heavy atom. The highest BCUT2D eigenvalue weighted by molar-refractivity contribution is 5.92. The number of nitrogens with two attached hydrogens (primary N) is 1. The molecule has 102 valence electrons. The summed E-state index contributed by atoms with van der Waals surface area (Å²) in [5.41, 5.74) is 5.73. The normalized spacial score (nSPS) is 11.6. The molecule has 2 N–H and O–H groups in total. The fourth-order valence-corrected chi connectivity index (χ4v) is 1.58. The van der Waals surface area contributed by atoms with Gasteiger partial charge in [-0.15, -0.1) is 0 Å². The average molecular weight is 255 g/mol. The zero-order valence-corrected chi connectivity index (χ0v) is 11.6. The van der Waals surface area contributed by atoms with Crippen LogP contribution in [0.1, 0.15) is 37.1 Å². The van der Waals surface area contributed by atoms with Crippen LogP contribution in [0.3, 0.4) is 0 Å². The second-order valence-electron chi connectivity index (χ2n) is 4.66. The molecule has 1 heterocycles. The molecule has 1 rings (SSSR count). The van der Waals surface area contributed by atoms with Crippen LogP contribution in [0.4, 0.5) is 5.82 Å². The van der Waals surface area contributed by atoms with E-state index in [0.717, 1.165) is 0 Å².